The van der Waals surface area contributed by atoms with Gasteiger partial charge in [-0.25, -0.2) is 0 Å². The number of carbonyl (C=O) groups excluding carboxylic acids is 1. The molecule has 3 N–H and O–H groups in total. The lowest BCUT2D eigenvalue weighted by Gasteiger charge is -2.08. The monoisotopic (exact) mass is 244 g/mol. The Bertz CT molecular complexity index is 546. The van der Waals surface area contributed by atoms with Gasteiger partial charge in [0.1, 0.15) is 5.76 Å². The van der Waals surface area contributed by atoms with E-state index in [1.807, 2.05) is 24.3 Å². The molecule has 0 saturated carbocycles. The summed E-state index contributed by atoms with van der Waals surface area (Å²) in [5.41, 5.74) is 8.30. The van der Waals surface area contributed by atoms with Crippen LogP contribution >= 0.6 is 0 Å². The Hall–Kier alpha value is -2.07. The summed E-state index contributed by atoms with van der Waals surface area (Å²) < 4.78 is 5.10. The van der Waals surface area contributed by atoms with Crippen molar-refractivity contribution in [3.63, 3.8) is 0 Å². The largest absolute Gasteiger partial charge is 0.469 e. The number of carbonyl (C=O) groups is 1. The van der Waals surface area contributed by atoms with Crippen LogP contribution in [0.25, 0.3) is 0 Å². The zero-order valence-electron chi connectivity index (χ0n) is 10.3. The molecule has 0 fully saturated rings. The molecule has 0 radical (unpaired) electrons. The number of hydrogen-bond donors (Lipinski definition) is 2. The van der Waals surface area contributed by atoms with Crippen LogP contribution in [0.15, 0.2) is 41.0 Å². The quantitative estimate of drug-likeness (QED) is 0.864. The molecular weight excluding hydrogens is 228 g/mol. The van der Waals surface area contributed by atoms with Crippen molar-refractivity contribution in [1.29, 1.82) is 0 Å². The van der Waals surface area contributed by atoms with E-state index in [1.165, 1.54) is 6.26 Å². The number of nitrogens with two attached hydrogens (primary N) is 1. The van der Waals surface area contributed by atoms with Gasteiger partial charge >= 0.3 is 0 Å². The first kappa shape index (κ1) is 12.4. The lowest BCUT2D eigenvalue weighted by Crippen LogP contribution is -2.23. The van der Waals surface area contributed by atoms with Crippen LogP contribution in [0.3, 0.4) is 0 Å². The number of amides is 1. The third-order valence-electron chi connectivity index (χ3n) is 2.88. The van der Waals surface area contributed by atoms with Gasteiger partial charge in [0.05, 0.1) is 11.8 Å². The van der Waals surface area contributed by atoms with Crippen LogP contribution in [-0.2, 0) is 13.1 Å². The van der Waals surface area contributed by atoms with Gasteiger partial charge in [-0.1, -0.05) is 24.3 Å². The van der Waals surface area contributed by atoms with Crippen LogP contribution in [0, 0.1) is 6.92 Å². The van der Waals surface area contributed by atoms with Crippen molar-refractivity contribution in [3.05, 3.63) is 59.0 Å². The van der Waals surface area contributed by atoms with E-state index in [0.717, 1.165) is 11.1 Å². The molecule has 2 rings (SSSR count). The molecule has 94 valence electrons. The van der Waals surface area contributed by atoms with Gasteiger partial charge in [-0.3, -0.25) is 4.79 Å². The first-order chi connectivity index (χ1) is 8.72. The Balaban J connectivity index is 2.04. The highest BCUT2D eigenvalue weighted by molar-refractivity contribution is 5.94. The highest BCUT2D eigenvalue weighted by Crippen LogP contribution is 2.10. The summed E-state index contributed by atoms with van der Waals surface area (Å²) in [6, 6.07) is 9.46. The maximum atomic E-state index is 11.9. The molecular formula is C14H16N2O2. The van der Waals surface area contributed by atoms with Gasteiger partial charge in [0, 0.05) is 13.1 Å². The number of rotatable bonds is 4. The van der Waals surface area contributed by atoms with Gasteiger partial charge in [-0.2, -0.15) is 0 Å². The van der Waals surface area contributed by atoms with Crippen molar-refractivity contribution in [2.24, 2.45) is 5.73 Å². The summed E-state index contributed by atoms with van der Waals surface area (Å²) in [6.45, 7) is 2.70. The van der Waals surface area contributed by atoms with E-state index in [0.29, 0.717) is 24.4 Å². The van der Waals surface area contributed by atoms with Crippen molar-refractivity contribution < 1.29 is 9.21 Å². The summed E-state index contributed by atoms with van der Waals surface area (Å²) in [5, 5.41) is 2.86. The number of nitrogens with one attached hydrogen (secondary N) is 1. The van der Waals surface area contributed by atoms with Crippen molar-refractivity contribution >= 4 is 5.91 Å². The summed E-state index contributed by atoms with van der Waals surface area (Å²) in [5.74, 6) is 0.493. The fourth-order valence-electron chi connectivity index (χ4n) is 1.82. The molecule has 1 amide bonds. The molecule has 0 saturated heterocycles. The Morgan fingerprint density at radius 1 is 1.28 bits per heavy atom. The Kier molecular flexibility index (Phi) is 3.79. The van der Waals surface area contributed by atoms with Gasteiger partial charge in [0.2, 0.25) is 0 Å². The Morgan fingerprint density at radius 3 is 2.61 bits per heavy atom. The van der Waals surface area contributed by atoms with Crippen LogP contribution in [0.1, 0.15) is 27.2 Å². The predicted molar refractivity (Wildman–Crippen MR) is 68.9 cm³/mol. The number of hydrogen-bond acceptors (Lipinski definition) is 3. The molecule has 0 bridgehead atoms. The average molecular weight is 244 g/mol. The van der Waals surface area contributed by atoms with Gasteiger partial charge in [-0.15, -0.1) is 0 Å². The van der Waals surface area contributed by atoms with Gasteiger partial charge < -0.3 is 15.5 Å². The Morgan fingerprint density at radius 2 is 2.00 bits per heavy atom. The van der Waals surface area contributed by atoms with Crippen LogP contribution < -0.4 is 11.1 Å². The number of benzene rings is 1. The van der Waals surface area contributed by atoms with E-state index < -0.39 is 0 Å². The first-order valence-corrected chi connectivity index (χ1v) is 5.81. The molecule has 1 aromatic heterocycles. The van der Waals surface area contributed by atoms with E-state index in [-0.39, 0.29) is 5.91 Å². The molecule has 0 unspecified atom stereocenters. The van der Waals surface area contributed by atoms with Crippen LogP contribution in [0.2, 0.25) is 0 Å². The topological polar surface area (TPSA) is 68.3 Å². The second-order valence-corrected chi connectivity index (χ2v) is 4.05. The molecule has 1 heterocycles. The number of aryl methyl sites for hydroxylation is 1. The van der Waals surface area contributed by atoms with E-state index in [2.05, 4.69) is 5.32 Å². The molecule has 2 aromatic rings. The van der Waals surface area contributed by atoms with Gasteiger partial charge in [0.25, 0.3) is 5.91 Å². The molecule has 1 aromatic carbocycles. The van der Waals surface area contributed by atoms with E-state index in [9.17, 15) is 4.79 Å². The summed E-state index contributed by atoms with van der Waals surface area (Å²) >= 11 is 0. The predicted octanol–water partition coefficient (Wildman–Crippen LogP) is 1.98. The normalized spacial score (nSPS) is 10.3. The van der Waals surface area contributed by atoms with E-state index in [4.69, 9.17) is 10.2 Å². The van der Waals surface area contributed by atoms with Crippen molar-refractivity contribution in [3.8, 4) is 0 Å². The van der Waals surface area contributed by atoms with Gasteiger partial charge in [-0.05, 0) is 24.1 Å². The van der Waals surface area contributed by atoms with Gasteiger partial charge in [0.15, 0.2) is 0 Å². The third-order valence-corrected chi connectivity index (χ3v) is 2.88. The molecule has 0 aliphatic heterocycles. The lowest BCUT2D eigenvalue weighted by molar-refractivity contribution is 0.0949. The third kappa shape index (κ3) is 2.60. The summed E-state index contributed by atoms with van der Waals surface area (Å²) in [6.07, 6.45) is 1.51. The molecule has 0 aliphatic rings. The zero-order chi connectivity index (χ0) is 13.0. The summed E-state index contributed by atoms with van der Waals surface area (Å²) in [7, 11) is 0. The van der Waals surface area contributed by atoms with Crippen molar-refractivity contribution in [2.45, 2.75) is 20.0 Å². The first-order valence-electron chi connectivity index (χ1n) is 5.81. The zero-order valence-corrected chi connectivity index (χ0v) is 10.3. The van der Waals surface area contributed by atoms with E-state index >= 15 is 0 Å². The fourth-order valence-corrected chi connectivity index (χ4v) is 1.82. The minimum Gasteiger partial charge on any atom is -0.469 e. The second-order valence-electron chi connectivity index (χ2n) is 4.05. The highest BCUT2D eigenvalue weighted by Gasteiger charge is 2.11. The maximum absolute atomic E-state index is 11.9. The smallest absolute Gasteiger partial charge is 0.255 e. The van der Waals surface area contributed by atoms with Crippen LogP contribution in [0.4, 0.5) is 0 Å². The maximum Gasteiger partial charge on any atom is 0.255 e. The standard InChI is InChI=1S/C14H16N2O2/c1-10-13(6-7-18-10)14(17)16-9-12-5-3-2-4-11(12)8-15/h2-7H,8-9,15H2,1H3,(H,16,17). The average Bonchev–Trinajstić information content (AvgIpc) is 2.82. The van der Waals surface area contributed by atoms with Crippen molar-refractivity contribution in [2.75, 3.05) is 0 Å². The minimum atomic E-state index is -0.131. The molecule has 0 atom stereocenters. The minimum absolute atomic E-state index is 0.131. The Labute approximate surface area is 106 Å². The number of furan rings is 1. The van der Waals surface area contributed by atoms with Crippen LogP contribution in [0.5, 0.6) is 0 Å². The SMILES string of the molecule is Cc1occc1C(=O)NCc1ccccc1CN. The molecule has 0 spiro atoms. The molecule has 0 aliphatic carbocycles. The second kappa shape index (κ2) is 5.51. The molecule has 4 nitrogen and oxygen atoms in total. The fraction of sp³-hybridized carbons (Fsp3) is 0.214. The summed E-state index contributed by atoms with van der Waals surface area (Å²) in [4.78, 5) is 11.9. The highest BCUT2D eigenvalue weighted by atomic mass is 16.3. The van der Waals surface area contributed by atoms with Crippen LogP contribution in [-0.4, -0.2) is 5.91 Å². The van der Waals surface area contributed by atoms with E-state index in [1.54, 1.807) is 13.0 Å². The lowest BCUT2D eigenvalue weighted by atomic mass is 10.1. The van der Waals surface area contributed by atoms with Crippen molar-refractivity contribution in [1.82, 2.24) is 5.32 Å². The molecule has 4 heteroatoms. The molecule has 18 heavy (non-hydrogen) atoms.